The first kappa shape index (κ1) is 11.5. The Bertz CT molecular complexity index is 400. The highest BCUT2D eigenvalue weighted by molar-refractivity contribution is 6.36. The van der Waals surface area contributed by atoms with Gasteiger partial charge in [-0.05, 0) is 31.0 Å². The maximum Gasteiger partial charge on any atom is 0.238 e. The van der Waals surface area contributed by atoms with Crippen LogP contribution in [0.5, 0.6) is 0 Å². The van der Waals surface area contributed by atoms with E-state index in [0.29, 0.717) is 11.4 Å². The molecular formula is C10H10ClN2O2-. The van der Waals surface area contributed by atoms with Gasteiger partial charge in [0.05, 0.1) is 11.4 Å². The predicted molar refractivity (Wildman–Crippen MR) is 58.2 cm³/mol. The van der Waals surface area contributed by atoms with E-state index in [1.807, 2.05) is 0 Å². The number of carbonyl (C=O) groups is 1. The van der Waals surface area contributed by atoms with E-state index in [4.69, 9.17) is 11.8 Å². The summed E-state index contributed by atoms with van der Waals surface area (Å²) >= 11 is 5.71. The zero-order chi connectivity index (χ0) is 11.4. The van der Waals surface area contributed by atoms with Gasteiger partial charge in [-0.25, -0.2) is 4.42 Å². The van der Waals surface area contributed by atoms with Gasteiger partial charge < -0.3 is 5.11 Å². The number of anilines is 1. The molecule has 0 unspecified atom stereocenters. The lowest BCUT2D eigenvalue weighted by atomic mass is 10.3. The number of amides is 1. The molecular weight excluding hydrogens is 216 g/mol. The van der Waals surface area contributed by atoms with Crippen molar-refractivity contribution in [3.63, 3.8) is 0 Å². The second-order valence-corrected chi connectivity index (χ2v) is 3.29. The molecule has 1 amide bonds. The van der Waals surface area contributed by atoms with Crippen LogP contribution >= 0.6 is 11.8 Å². The number of halogens is 1. The van der Waals surface area contributed by atoms with Crippen LogP contribution in [-0.2, 0) is 4.79 Å². The van der Waals surface area contributed by atoms with Crippen LogP contribution < -0.4 is 9.53 Å². The second-order valence-electron chi connectivity index (χ2n) is 2.95. The summed E-state index contributed by atoms with van der Waals surface area (Å²) in [5.74, 6) is -0.590. The fourth-order valence-electron chi connectivity index (χ4n) is 1.05. The van der Waals surface area contributed by atoms with Crippen LogP contribution in [-0.4, -0.2) is 11.8 Å². The van der Waals surface area contributed by atoms with Crippen molar-refractivity contribution in [1.29, 1.82) is 0 Å². The Balaban J connectivity index is 3.02. The number of hydrogen-bond donors (Lipinski definition) is 0. The van der Waals surface area contributed by atoms with Crippen molar-refractivity contribution in [1.82, 2.24) is 0 Å². The second kappa shape index (κ2) is 4.79. The van der Waals surface area contributed by atoms with Gasteiger partial charge in [0.15, 0.2) is 0 Å². The van der Waals surface area contributed by atoms with E-state index in [0.717, 1.165) is 4.42 Å². The van der Waals surface area contributed by atoms with E-state index in [1.165, 1.54) is 13.8 Å². The van der Waals surface area contributed by atoms with E-state index in [-0.39, 0.29) is 11.8 Å². The SMILES string of the molecule is CC(=O)N(Cl)c1cccc(N=C(C)[O-])c1. The molecule has 0 aliphatic rings. The largest absolute Gasteiger partial charge is 0.862 e. The minimum atomic E-state index is -0.295. The molecule has 0 spiro atoms. The first-order valence-electron chi connectivity index (χ1n) is 4.29. The molecule has 4 nitrogen and oxygen atoms in total. The third kappa shape index (κ3) is 3.25. The van der Waals surface area contributed by atoms with Gasteiger partial charge in [-0.3, -0.25) is 9.79 Å². The summed E-state index contributed by atoms with van der Waals surface area (Å²) < 4.78 is 0.971. The van der Waals surface area contributed by atoms with Crippen LogP contribution in [0.4, 0.5) is 11.4 Å². The molecule has 0 aliphatic heterocycles. The quantitative estimate of drug-likeness (QED) is 0.436. The summed E-state index contributed by atoms with van der Waals surface area (Å²) in [5.41, 5.74) is 0.971. The Kier molecular flexibility index (Phi) is 3.68. The molecule has 0 atom stereocenters. The number of carbonyl (C=O) groups excluding carboxylic acids is 1. The summed E-state index contributed by atoms with van der Waals surface area (Å²) in [6.07, 6.45) is 0. The number of aliphatic imine (C=N–C) groups is 1. The summed E-state index contributed by atoms with van der Waals surface area (Å²) in [6.45, 7) is 2.71. The Labute approximate surface area is 92.9 Å². The van der Waals surface area contributed by atoms with Crippen LogP contribution in [0.1, 0.15) is 13.8 Å². The molecule has 0 N–H and O–H groups in total. The van der Waals surface area contributed by atoms with Gasteiger partial charge >= 0.3 is 0 Å². The monoisotopic (exact) mass is 225 g/mol. The molecule has 0 bridgehead atoms. The Morgan fingerprint density at radius 3 is 2.67 bits per heavy atom. The average molecular weight is 226 g/mol. The van der Waals surface area contributed by atoms with Gasteiger partial charge in [-0.15, -0.1) is 0 Å². The van der Waals surface area contributed by atoms with Crippen molar-refractivity contribution in [2.24, 2.45) is 4.99 Å². The Morgan fingerprint density at radius 2 is 2.13 bits per heavy atom. The fraction of sp³-hybridized carbons (Fsp3) is 0.200. The van der Waals surface area contributed by atoms with Crippen LogP contribution in [0.15, 0.2) is 29.3 Å². The summed E-state index contributed by atoms with van der Waals surface area (Å²) in [6, 6.07) is 6.56. The van der Waals surface area contributed by atoms with Crippen LogP contribution in [0.3, 0.4) is 0 Å². The molecule has 0 saturated heterocycles. The van der Waals surface area contributed by atoms with Gasteiger partial charge in [0.1, 0.15) is 0 Å². The summed E-state index contributed by atoms with van der Waals surface area (Å²) in [5, 5.41) is 10.7. The first-order chi connectivity index (χ1) is 7.00. The number of benzene rings is 1. The highest BCUT2D eigenvalue weighted by atomic mass is 35.5. The van der Waals surface area contributed by atoms with Gasteiger partial charge in [0.25, 0.3) is 0 Å². The third-order valence-corrected chi connectivity index (χ3v) is 2.05. The number of nitrogens with zero attached hydrogens (tertiary/aromatic N) is 2. The van der Waals surface area contributed by atoms with Crippen LogP contribution in [0, 0.1) is 0 Å². The molecule has 0 heterocycles. The molecule has 0 saturated carbocycles. The zero-order valence-electron chi connectivity index (χ0n) is 8.40. The highest BCUT2D eigenvalue weighted by Crippen LogP contribution is 2.22. The minimum absolute atomic E-state index is 0.295. The van der Waals surface area contributed by atoms with Gasteiger partial charge in [0.2, 0.25) is 5.91 Å². The lowest BCUT2D eigenvalue weighted by molar-refractivity contribution is -0.215. The normalized spacial score (nSPS) is 11.3. The van der Waals surface area contributed by atoms with Gasteiger partial charge in [0, 0.05) is 18.7 Å². The van der Waals surface area contributed by atoms with Gasteiger partial charge in [-0.2, -0.15) is 0 Å². The zero-order valence-corrected chi connectivity index (χ0v) is 9.15. The van der Waals surface area contributed by atoms with Gasteiger partial charge in [-0.1, -0.05) is 6.07 Å². The van der Waals surface area contributed by atoms with Crippen molar-refractivity contribution in [3.05, 3.63) is 24.3 Å². The molecule has 1 rings (SSSR count). The van der Waals surface area contributed by atoms with E-state index in [9.17, 15) is 9.90 Å². The predicted octanol–water partition coefficient (Wildman–Crippen LogP) is 1.60. The molecule has 15 heavy (non-hydrogen) atoms. The highest BCUT2D eigenvalue weighted by Gasteiger charge is 2.07. The molecule has 0 fully saturated rings. The Hall–Kier alpha value is -1.55. The van der Waals surface area contributed by atoms with Crippen molar-refractivity contribution >= 4 is 35.0 Å². The number of hydrogen-bond acceptors (Lipinski definition) is 3. The van der Waals surface area contributed by atoms with Crippen LogP contribution in [0.25, 0.3) is 0 Å². The summed E-state index contributed by atoms with van der Waals surface area (Å²) in [7, 11) is 0. The molecule has 0 aromatic heterocycles. The van der Waals surface area contributed by atoms with Crippen molar-refractivity contribution in [2.45, 2.75) is 13.8 Å². The summed E-state index contributed by atoms with van der Waals surface area (Å²) in [4.78, 5) is 14.7. The number of rotatable bonds is 2. The van der Waals surface area contributed by atoms with E-state index >= 15 is 0 Å². The van der Waals surface area contributed by atoms with Crippen LogP contribution in [0.2, 0.25) is 0 Å². The van der Waals surface area contributed by atoms with E-state index in [2.05, 4.69) is 4.99 Å². The molecule has 80 valence electrons. The van der Waals surface area contributed by atoms with Crippen molar-refractivity contribution in [3.8, 4) is 0 Å². The smallest absolute Gasteiger partial charge is 0.238 e. The van der Waals surface area contributed by atoms with Crippen molar-refractivity contribution < 1.29 is 9.90 Å². The lowest BCUT2D eigenvalue weighted by Crippen LogP contribution is -2.16. The van der Waals surface area contributed by atoms with E-state index in [1.54, 1.807) is 24.3 Å². The molecule has 0 radical (unpaired) electrons. The first-order valence-corrected chi connectivity index (χ1v) is 4.63. The van der Waals surface area contributed by atoms with E-state index < -0.39 is 0 Å². The van der Waals surface area contributed by atoms with Crippen molar-refractivity contribution in [2.75, 3.05) is 4.42 Å². The molecule has 0 aliphatic carbocycles. The fourth-order valence-corrected chi connectivity index (χ4v) is 1.15. The molecule has 1 aromatic carbocycles. The maximum atomic E-state index is 11.0. The minimum Gasteiger partial charge on any atom is -0.862 e. The Morgan fingerprint density at radius 1 is 1.47 bits per heavy atom. The third-order valence-electron chi connectivity index (χ3n) is 1.62. The maximum absolute atomic E-state index is 11.0. The molecule has 5 heteroatoms. The topological polar surface area (TPSA) is 55.7 Å². The molecule has 1 aromatic rings. The lowest BCUT2D eigenvalue weighted by Gasteiger charge is -2.12. The average Bonchev–Trinajstić information content (AvgIpc) is 2.16. The standard InChI is InChI=1S/C10H11ClN2O2/c1-7(14)12-9-4-3-5-10(6-9)13(11)8(2)15/h3-6H,1-2H3,(H,12,14)/p-1.